The molecule has 1 heterocycles. The Balaban J connectivity index is 1.70. The summed E-state index contributed by atoms with van der Waals surface area (Å²) in [6, 6.07) is 8.90. The number of thioether (sulfide) groups is 1. The molecule has 1 aliphatic heterocycles. The summed E-state index contributed by atoms with van der Waals surface area (Å²) in [5, 5.41) is 2.93. The van der Waals surface area contributed by atoms with Gasteiger partial charge in [0, 0.05) is 35.8 Å². The zero-order chi connectivity index (χ0) is 22.4. The third-order valence-electron chi connectivity index (χ3n) is 5.13. The number of carbonyl (C=O) groups excluding carboxylic acids is 2. The number of nitrogens with one attached hydrogen (secondary N) is 1. The first-order valence-corrected chi connectivity index (χ1v) is 11.2. The predicted molar refractivity (Wildman–Crippen MR) is 123 cm³/mol. The first kappa shape index (κ1) is 22.8. The van der Waals surface area contributed by atoms with E-state index in [-0.39, 0.29) is 18.2 Å². The van der Waals surface area contributed by atoms with E-state index in [1.165, 1.54) is 21.3 Å². The van der Waals surface area contributed by atoms with Crippen LogP contribution in [0.2, 0.25) is 0 Å². The van der Waals surface area contributed by atoms with Gasteiger partial charge in [-0.15, -0.1) is 0 Å². The number of anilines is 1. The van der Waals surface area contributed by atoms with Crippen LogP contribution in [-0.2, 0) is 11.2 Å². The molecular formula is C23H28N2O5S. The lowest BCUT2D eigenvalue weighted by molar-refractivity contribution is -0.115. The normalized spacial score (nSPS) is 13.5. The molecule has 1 saturated heterocycles. The van der Waals surface area contributed by atoms with Crippen LogP contribution in [0.4, 0.5) is 5.69 Å². The van der Waals surface area contributed by atoms with E-state index in [1.54, 1.807) is 24.3 Å². The molecule has 8 heteroatoms. The first-order chi connectivity index (χ1) is 15.0. The fraction of sp³-hybridized carbons (Fsp3) is 0.391. The fourth-order valence-corrected chi connectivity index (χ4v) is 4.41. The summed E-state index contributed by atoms with van der Waals surface area (Å²) < 4.78 is 16.0. The van der Waals surface area contributed by atoms with Crippen LogP contribution in [0.1, 0.15) is 21.5 Å². The summed E-state index contributed by atoms with van der Waals surface area (Å²) in [6.45, 7) is 3.43. The van der Waals surface area contributed by atoms with Crippen LogP contribution in [0.5, 0.6) is 17.2 Å². The molecule has 0 aliphatic carbocycles. The lowest BCUT2D eigenvalue weighted by Gasteiger charge is -2.26. The predicted octanol–water partition coefficient (Wildman–Crippen LogP) is 3.39. The van der Waals surface area contributed by atoms with Crippen molar-refractivity contribution in [1.29, 1.82) is 0 Å². The molecule has 0 radical (unpaired) electrons. The first-order valence-electron chi connectivity index (χ1n) is 10.0. The Morgan fingerprint density at radius 3 is 2.19 bits per heavy atom. The molecule has 0 aromatic heterocycles. The molecule has 1 fully saturated rings. The number of aryl methyl sites for hydroxylation is 1. The summed E-state index contributed by atoms with van der Waals surface area (Å²) >= 11 is 1.87. The largest absolute Gasteiger partial charge is 0.493 e. The van der Waals surface area contributed by atoms with Crippen molar-refractivity contribution in [1.82, 2.24) is 4.90 Å². The van der Waals surface area contributed by atoms with Gasteiger partial charge in [-0.1, -0.05) is 0 Å². The summed E-state index contributed by atoms with van der Waals surface area (Å²) in [7, 11) is 4.61. The van der Waals surface area contributed by atoms with Crippen LogP contribution in [0.25, 0.3) is 0 Å². The maximum absolute atomic E-state index is 12.7. The number of ether oxygens (including phenoxy) is 3. The summed E-state index contributed by atoms with van der Waals surface area (Å²) in [5.74, 6) is 3.29. The highest BCUT2D eigenvalue weighted by Gasteiger charge is 2.19. The molecule has 0 unspecified atom stereocenters. The zero-order valence-electron chi connectivity index (χ0n) is 18.3. The van der Waals surface area contributed by atoms with Gasteiger partial charge in [0.05, 0.1) is 27.8 Å². The van der Waals surface area contributed by atoms with Crippen LogP contribution in [0, 0.1) is 6.92 Å². The van der Waals surface area contributed by atoms with E-state index < -0.39 is 0 Å². The van der Waals surface area contributed by atoms with Crippen molar-refractivity contribution in [3.63, 3.8) is 0 Å². The number of benzene rings is 2. The quantitative estimate of drug-likeness (QED) is 0.706. The minimum atomic E-state index is -0.176. The Bertz CT molecular complexity index is 932. The van der Waals surface area contributed by atoms with Gasteiger partial charge < -0.3 is 24.4 Å². The number of amides is 2. The Labute approximate surface area is 187 Å². The maximum atomic E-state index is 12.7. The summed E-state index contributed by atoms with van der Waals surface area (Å²) in [6.07, 6.45) is 0.141. The molecule has 2 aromatic carbocycles. The molecule has 0 spiro atoms. The highest BCUT2D eigenvalue weighted by Crippen LogP contribution is 2.38. The molecule has 0 bridgehead atoms. The molecule has 2 amide bonds. The van der Waals surface area contributed by atoms with Gasteiger partial charge in [-0.2, -0.15) is 11.8 Å². The van der Waals surface area contributed by atoms with E-state index in [1.807, 2.05) is 29.7 Å². The molecular weight excluding hydrogens is 416 g/mol. The van der Waals surface area contributed by atoms with Crippen molar-refractivity contribution in [2.45, 2.75) is 13.3 Å². The molecule has 31 heavy (non-hydrogen) atoms. The van der Waals surface area contributed by atoms with E-state index in [9.17, 15) is 9.59 Å². The maximum Gasteiger partial charge on any atom is 0.253 e. The smallest absolute Gasteiger partial charge is 0.253 e. The van der Waals surface area contributed by atoms with Gasteiger partial charge >= 0.3 is 0 Å². The number of methoxy groups -OCH3 is 3. The molecule has 0 saturated carbocycles. The van der Waals surface area contributed by atoms with Gasteiger partial charge in [-0.05, 0) is 48.4 Å². The van der Waals surface area contributed by atoms with Crippen LogP contribution < -0.4 is 19.5 Å². The Kier molecular flexibility index (Phi) is 7.68. The molecule has 2 aromatic rings. The number of hydrogen-bond acceptors (Lipinski definition) is 6. The van der Waals surface area contributed by atoms with Crippen molar-refractivity contribution >= 4 is 29.3 Å². The molecule has 1 aliphatic rings. The van der Waals surface area contributed by atoms with Crippen LogP contribution in [0.15, 0.2) is 30.3 Å². The Morgan fingerprint density at radius 1 is 1.00 bits per heavy atom. The number of nitrogens with zero attached hydrogens (tertiary/aromatic N) is 1. The van der Waals surface area contributed by atoms with E-state index in [0.29, 0.717) is 28.5 Å². The van der Waals surface area contributed by atoms with E-state index in [4.69, 9.17) is 14.2 Å². The summed E-state index contributed by atoms with van der Waals surface area (Å²) in [4.78, 5) is 27.2. The van der Waals surface area contributed by atoms with Crippen LogP contribution in [0.3, 0.4) is 0 Å². The lowest BCUT2D eigenvalue weighted by Crippen LogP contribution is -2.37. The van der Waals surface area contributed by atoms with Gasteiger partial charge in [0.15, 0.2) is 11.5 Å². The number of carbonyl (C=O) groups is 2. The second kappa shape index (κ2) is 10.4. The number of rotatable bonds is 7. The summed E-state index contributed by atoms with van der Waals surface area (Å²) in [5.41, 5.74) is 2.91. The van der Waals surface area contributed by atoms with Crippen molar-refractivity contribution < 1.29 is 23.8 Å². The zero-order valence-corrected chi connectivity index (χ0v) is 19.1. The molecule has 3 rings (SSSR count). The van der Waals surface area contributed by atoms with Gasteiger partial charge in [0.1, 0.15) is 0 Å². The Hall–Kier alpha value is -2.87. The minimum Gasteiger partial charge on any atom is -0.493 e. The second-order valence-corrected chi connectivity index (χ2v) is 8.42. The van der Waals surface area contributed by atoms with E-state index in [0.717, 1.165) is 35.7 Å². The molecule has 166 valence electrons. The third-order valence-corrected chi connectivity index (χ3v) is 6.08. The van der Waals surface area contributed by atoms with Gasteiger partial charge in [0.25, 0.3) is 5.91 Å². The SMILES string of the molecule is COc1cc(CC(=O)Nc2ccc(C(=O)N3CCSCC3)cc2C)cc(OC)c1OC. The van der Waals surface area contributed by atoms with Gasteiger partial charge in [-0.3, -0.25) is 9.59 Å². The fourth-order valence-electron chi connectivity index (χ4n) is 3.50. The monoisotopic (exact) mass is 444 g/mol. The lowest BCUT2D eigenvalue weighted by atomic mass is 10.1. The number of hydrogen-bond donors (Lipinski definition) is 1. The van der Waals surface area contributed by atoms with E-state index >= 15 is 0 Å². The third kappa shape index (κ3) is 5.44. The van der Waals surface area contributed by atoms with E-state index in [2.05, 4.69) is 5.32 Å². The van der Waals surface area contributed by atoms with Crippen LogP contribution >= 0.6 is 11.8 Å². The minimum absolute atomic E-state index is 0.0405. The van der Waals surface area contributed by atoms with Crippen molar-refractivity contribution in [2.75, 3.05) is 51.2 Å². The highest BCUT2D eigenvalue weighted by molar-refractivity contribution is 7.99. The van der Waals surface area contributed by atoms with Crippen molar-refractivity contribution in [3.8, 4) is 17.2 Å². The van der Waals surface area contributed by atoms with Gasteiger partial charge in [-0.25, -0.2) is 0 Å². The second-order valence-electron chi connectivity index (χ2n) is 7.19. The molecule has 0 atom stereocenters. The average Bonchev–Trinajstić information content (AvgIpc) is 2.79. The van der Waals surface area contributed by atoms with Gasteiger partial charge in [0.2, 0.25) is 11.7 Å². The van der Waals surface area contributed by atoms with Crippen molar-refractivity contribution in [2.24, 2.45) is 0 Å². The Morgan fingerprint density at radius 2 is 1.65 bits per heavy atom. The average molecular weight is 445 g/mol. The molecule has 7 nitrogen and oxygen atoms in total. The van der Waals surface area contributed by atoms with Crippen LogP contribution in [-0.4, -0.2) is 62.6 Å². The highest BCUT2D eigenvalue weighted by atomic mass is 32.2. The molecule has 1 N–H and O–H groups in total. The van der Waals surface area contributed by atoms with Crippen molar-refractivity contribution in [3.05, 3.63) is 47.0 Å². The standard InChI is InChI=1S/C23H28N2O5S/c1-15-11-17(23(27)25-7-9-31-10-8-25)5-6-18(15)24-21(26)14-16-12-19(28-2)22(30-4)20(13-16)29-3/h5-6,11-13H,7-10,14H2,1-4H3,(H,24,26). The topological polar surface area (TPSA) is 77.1 Å².